The fourth-order valence-electron chi connectivity index (χ4n) is 4.27. The number of carbonyl (C=O) groups excluding carboxylic acids is 2. The number of hydrogen-bond donors (Lipinski definition) is 1. The molecule has 1 heterocycles. The maximum absolute atomic E-state index is 14.2. The topological polar surface area (TPSA) is 108 Å². The van der Waals surface area contributed by atoms with Gasteiger partial charge in [-0.3, -0.25) is 14.5 Å². The number of anilines is 1. The molecule has 10 heteroatoms. The Balaban J connectivity index is 1.90. The Bertz CT molecular complexity index is 1450. The average molecular weight is 532 g/mol. The molecule has 204 valence electrons. The molecular weight excluding hydrogens is 498 g/mol. The number of ether oxygens (including phenoxy) is 3. The summed E-state index contributed by atoms with van der Waals surface area (Å²) in [7, 11) is 4.60. The minimum absolute atomic E-state index is 0.163. The molecule has 0 aliphatic carbocycles. The molecule has 1 atom stereocenters. The largest absolute Gasteiger partial charge is 0.497 e. The maximum Gasteiger partial charge on any atom is 0.249 e. The molecule has 3 aromatic carbocycles. The van der Waals surface area contributed by atoms with E-state index in [4.69, 9.17) is 14.2 Å². The van der Waals surface area contributed by atoms with E-state index in [2.05, 4.69) is 15.6 Å². The van der Waals surface area contributed by atoms with Gasteiger partial charge in [-0.05, 0) is 50.6 Å². The van der Waals surface area contributed by atoms with E-state index >= 15 is 0 Å². The third-order valence-electron chi connectivity index (χ3n) is 6.00. The van der Waals surface area contributed by atoms with Crippen LogP contribution >= 0.6 is 0 Å². The van der Waals surface area contributed by atoms with E-state index in [1.54, 1.807) is 49.6 Å². The quantitative estimate of drug-likeness (QED) is 0.346. The van der Waals surface area contributed by atoms with Crippen LogP contribution in [-0.4, -0.2) is 53.7 Å². The summed E-state index contributed by atoms with van der Waals surface area (Å²) in [6, 6.07) is 18.5. The zero-order valence-electron chi connectivity index (χ0n) is 23.0. The van der Waals surface area contributed by atoms with Crippen molar-refractivity contribution in [1.29, 1.82) is 0 Å². The first kappa shape index (κ1) is 27.4. The first-order valence-electron chi connectivity index (χ1n) is 12.4. The fourth-order valence-corrected chi connectivity index (χ4v) is 4.27. The number of fused-ring (bicyclic) bond motifs is 1. The van der Waals surface area contributed by atoms with Crippen molar-refractivity contribution in [3.05, 3.63) is 72.3 Å². The van der Waals surface area contributed by atoms with Crippen LogP contribution in [0.5, 0.6) is 17.2 Å². The molecule has 0 saturated carbocycles. The van der Waals surface area contributed by atoms with E-state index in [0.717, 1.165) is 0 Å². The number of rotatable bonds is 9. The third kappa shape index (κ3) is 6.28. The third-order valence-corrected chi connectivity index (χ3v) is 6.00. The first-order valence-corrected chi connectivity index (χ1v) is 12.4. The lowest BCUT2D eigenvalue weighted by atomic mass is 10.00. The van der Waals surface area contributed by atoms with Crippen LogP contribution in [0, 0.1) is 0 Å². The molecule has 4 rings (SSSR count). The highest BCUT2D eigenvalue weighted by Gasteiger charge is 2.35. The van der Waals surface area contributed by atoms with E-state index in [-0.39, 0.29) is 12.5 Å². The molecule has 0 bridgehead atoms. The molecule has 0 spiro atoms. The van der Waals surface area contributed by atoms with Crippen LogP contribution in [0.1, 0.15) is 32.4 Å². The number of amides is 2. The normalized spacial score (nSPS) is 12.1. The van der Waals surface area contributed by atoms with E-state index in [9.17, 15) is 9.59 Å². The van der Waals surface area contributed by atoms with Crippen molar-refractivity contribution < 1.29 is 23.8 Å². The van der Waals surface area contributed by atoms with Gasteiger partial charge in [-0.25, -0.2) is 4.68 Å². The Hall–Kier alpha value is -4.60. The second kappa shape index (κ2) is 11.4. The van der Waals surface area contributed by atoms with Gasteiger partial charge in [0.1, 0.15) is 35.4 Å². The van der Waals surface area contributed by atoms with Crippen molar-refractivity contribution in [1.82, 2.24) is 20.3 Å². The van der Waals surface area contributed by atoms with E-state index in [0.29, 0.717) is 39.5 Å². The molecule has 2 amide bonds. The molecule has 0 radical (unpaired) electrons. The van der Waals surface area contributed by atoms with Crippen LogP contribution in [-0.2, 0) is 16.1 Å². The van der Waals surface area contributed by atoms with Crippen LogP contribution < -0.4 is 24.4 Å². The lowest BCUT2D eigenvalue weighted by Gasteiger charge is -2.34. The van der Waals surface area contributed by atoms with Gasteiger partial charge in [-0.2, -0.15) is 0 Å². The van der Waals surface area contributed by atoms with Gasteiger partial charge >= 0.3 is 0 Å². The van der Waals surface area contributed by atoms with Crippen molar-refractivity contribution >= 4 is 28.5 Å². The number of benzene rings is 3. The molecule has 1 aromatic heterocycles. The van der Waals surface area contributed by atoms with Crippen molar-refractivity contribution in [3.8, 4) is 17.2 Å². The molecule has 0 unspecified atom stereocenters. The van der Waals surface area contributed by atoms with Crippen molar-refractivity contribution in [2.75, 3.05) is 26.2 Å². The highest BCUT2D eigenvalue weighted by Crippen LogP contribution is 2.35. The summed E-state index contributed by atoms with van der Waals surface area (Å²) in [6.07, 6.45) is 0. The summed E-state index contributed by atoms with van der Waals surface area (Å²) >= 11 is 0. The van der Waals surface area contributed by atoms with Gasteiger partial charge < -0.3 is 19.5 Å². The summed E-state index contributed by atoms with van der Waals surface area (Å²) in [5.41, 5.74) is 1.78. The van der Waals surface area contributed by atoms with Gasteiger partial charge in [-0.1, -0.05) is 29.5 Å². The molecule has 0 fully saturated rings. The Morgan fingerprint density at radius 1 is 0.897 bits per heavy atom. The van der Waals surface area contributed by atoms with Crippen LogP contribution in [0.2, 0.25) is 0 Å². The Labute approximate surface area is 227 Å². The van der Waals surface area contributed by atoms with Gasteiger partial charge in [0.2, 0.25) is 11.8 Å². The summed E-state index contributed by atoms with van der Waals surface area (Å²) in [5.74, 6) is 0.731. The summed E-state index contributed by atoms with van der Waals surface area (Å²) < 4.78 is 17.9. The SMILES string of the molecule is COc1cccc([C@H](C(=O)NC(C)(C)C)N(C(=O)Cn2nnc3ccccc32)c2cc(OC)cc(OC)c2)c1. The van der Waals surface area contributed by atoms with Gasteiger partial charge in [0.15, 0.2) is 0 Å². The van der Waals surface area contributed by atoms with Crippen molar-refractivity contribution in [3.63, 3.8) is 0 Å². The van der Waals surface area contributed by atoms with Crippen LogP contribution in [0.4, 0.5) is 5.69 Å². The van der Waals surface area contributed by atoms with Crippen molar-refractivity contribution in [2.24, 2.45) is 0 Å². The van der Waals surface area contributed by atoms with E-state index < -0.39 is 17.5 Å². The zero-order chi connectivity index (χ0) is 28.2. The average Bonchev–Trinajstić information content (AvgIpc) is 3.32. The molecule has 4 aromatic rings. The van der Waals surface area contributed by atoms with Crippen LogP contribution in [0.15, 0.2) is 66.7 Å². The number of nitrogens with one attached hydrogen (secondary N) is 1. The van der Waals surface area contributed by atoms with Gasteiger partial charge in [0, 0.05) is 23.7 Å². The zero-order valence-corrected chi connectivity index (χ0v) is 23.0. The maximum atomic E-state index is 14.2. The lowest BCUT2D eigenvalue weighted by Crippen LogP contribution is -2.50. The van der Waals surface area contributed by atoms with Crippen LogP contribution in [0.25, 0.3) is 11.0 Å². The Morgan fingerprint density at radius 2 is 1.56 bits per heavy atom. The number of aromatic nitrogens is 3. The molecule has 0 aliphatic heterocycles. The lowest BCUT2D eigenvalue weighted by molar-refractivity contribution is -0.128. The minimum atomic E-state index is -1.06. The standard InChI is InChI=1S/C29H33N5O5/c1-29(2,3)30-28(36)27(19-10-9-11-21(14-19)37-4)34(20-15-22(38-5)17-23(16-20)39-6)26(35)18-33-25-13-8-7-12-24(25)31-32-33/h7-17,27H,18H2,1-6H3,(H,30,36)/t27-/m1/s1. The summed E-state index contributed by atoms with van der Waals surface area (Å²) in [5, 5.41) is 11.4. The molecule has 1 N–H and O–H groups in total. The minimum Gasteiger partial charge on any atom is -0.497 e. The number of para-hydroxylation sites is 1. The highest BCUT2D eigenvalue weighted by atomic mass is 16.5. The molecule has 39 heavy (non-hydrogen) atoms. The van der Waals surface area contributed by atoms with E-state index in [1.807, 2.05) is 45.0 Å². The summed E-state index contributed by atoms with van der Waals surface area (Å²) in [6.45, 7) is 5.49. The first-order chi connectivity index (χ1) is 18.6. The van der Waals surface area contributed by atoms with Crippen molar-refractivity contribution in [2.45, 2.75) is 38.9 Å². The molecule has 0 saturated heterocycles. The molecule has 10 nitrogen and oxygen atoms in total. The second-order valence-corrected chi connectivity index (χ2v) is 9.99. The predicted octanol–water partition coefficient (Wildman–Crippen LogP) is 4.15. The smallest absolute Gasteiger partial charge is 0.249 e. The monoisotopic (exact) mass is 531 g/mol. The second-order valence-electron chi connectivity index (χ2n) is 9.99. The van der Waals surface area contributed by atoms with Gasteiger partial charge in [-0.15, -0.1) is 5.10 Å². The molecular formula is C29H33N5O5. The van der Waals surface area contributed by atoms with Crippen LogP contribution in [0.3, 0.4) is 0 Å². The molecule has 0 aliphatic rings. The Morgan fingerprint density at radius 3 is 2.21 bits per heavy atom. The van der Waals surface area contributed by atoms with Gasteiger partial charge in [0.25, 0.3) is 0 Å². The highest BCUT2D eigenvalue weighted by molar-refractivity contribution is 6.02. The fraction of sp³-hybridized carbons (Fsp3) is 0.310. The summed E-state index contributed by atoms with van der Waals surface area (Å²) in [4.78, 5) is 29.6. The Kier molecular flexibility index (Phi) is 8.04. The predicted molar refractivity (Wildman–Crippen MR) is 148 cm³/mol. The van der Waals surface area contributed by atoms with Gasteiger partial charge in [0.05, 0.1) is 32.5 Å². The number of methoxy groups -OCH3 is 3. The number of hydrogen-bond acceptors (Lipinski definition) is 7. The van der Waals surface area contributed by atoms with E-state index in [1.165, 1.54) is 23.8 Å². The number of nitrogens with zero attached hydrogens (tertiary/aromatic N) is 4. The number of carbonyl (C=O) groups is 2.